The fourth-order valence-corrected chi connectivity index (χ4v) is 2.91. The predicted molar refractivity (Wildman–Crippen MR) is 98.7 cm³/mol. The van der Waals surface area contributed by atoms with E-state index in [1.54, 1.807) is 24.3 Å². The molecule has 3 amide bonds. The zero-order valence-corrected chi connectivity index (χ0v) is 15.0. The second-order valence-corrected chi connectivity index (χ2v) is 6.48. The van der Waals surface area contributed by atoms with Crippen LogP contribution in [0.5, 0.6) is 0 Å². The van der Waals surface area contributed by atoms with E-state index in [0.29, 0.717) is 17.8 Å². The number of nitrogens with one attached hydrogen (secondary N) is 3. The minimum Gasteiger partial charge on any atom is -0.345 e. The first-order chi connectivity index (χ1) is 10.9. The maximum absolute atomic E-state index is 12.5. The summed E-state index contributed by atoms with van der Waals surface area (Å²) >= 11 is 0. The minimum absolute atomic E-state index is 0. The van der Waals surface area contributed by atoms with Crippen molar-refractivity contribution in [1.82, 2.24) is 10.6 Å². The third kappa shape index (κ3) is 5.39. The molecule has 0 aliphatic heterocycles. The van der Waals surface area contributed by atoms with Crippen LogP contribution in [-0.2, 0) is 0 Å². The average Bonchev–Trinajstić information content (AvgIpc) is 2.95. The van der Waals surface area contributed by atoms with Gasteiger partial charge in [0.25, 0.3) is 5.91 Å². The monoisotopic (exact) mass is 354 g/mol. The van der Waals surface area contributed by atoms with Crippen molar-refractivity contribution >= 4 is 30.0 Å². The Morgan fingerprint density at radius 2 is 1.92 bits per heavy atom. The molecule has 1 aromatic rings. The Hall–Kier alpha value is -1.79. The number of rotatable bonds is 5. The second-order valence-electron chi connectivity index (χ2n) is 6.48. The summed E-state index contributed by atoms with van der Waals surface area (Å²) in [7, 11) is 0. The van der Waals surface area contributed by atoms with Gasteiger partial charge in [-0.15, -0.1) is 12.4 Å². The van der Waals surface area contributed by atoms with Gasteiger partial charge in [0.15, 0.2) is 0 Å². The van der Waals surface area contributed by atoms with Crippen LogP contribution in [0.3, 0.4) is 0 Å². The van der Waals surface area contributed by atoms with Gasteiger partial charge < -0.3 is 21.7 Å². The van der Waals surface area contributed by atoms with E-state index in [2.05, 4.69) is 16.0 Å². The van der Waals surface area contributed by atoms with Crippen molar-refractivity contribution in [3.63, 3.8) is 0 Å². The Bertz CT molecular complexity index is 571. The number of hydrogen-bond donors (Lipinski definition) is 4. The van der Waals surface area contributed by atoms with Crippen LogP contribution in [0.4, 0.5) is 10.5 Å². The van der Waals surface area contributed by atoms with E-state index < -0.39 is 0 Å². The first-order valence-electron chi connectivity index (χ1n) is 8.14. The van der Waals surface area contributed by atoms with Gasteiger partial charge >= 0.3 is 6.03 Å². The molecule has 0 spiro atoms. The van der Waals surface area contributed by atoms with Crippen molar-refractivity contribution in [1.29, 1.82) is 0 Å². The first-order valence-corrected chi connectivity index (χ1v) is 8.14. The molecule has 1 saturated carbocycles. The lowest BCUT2D eigenvalue weighted by molar-refractivity contribution is 0.0903. The van der Waals surface area contributed by atoms with Crippen LogP contribution in [0.25, 0.3) is 0 Å². The molecule has 1 aromatic carbocycles. The zero-order valence-electron chi connectivity index (χ0n) is 14.2. The van der Waals surface area contributed by atoms with Gasteiger partial charge in [0.1, 0.15) is 0 Å². The van der Waals surface area contributed by atoms with Crippen molar-refractivity contribution in [3.05, 3.63) is 29.8 Å². The number of carbonyl (C=O) groups is 2. The first kappa shape index (κ1) is 20.3. The SMILES string of the molecule is CC(C)NC(=O)Nc1cccc(C(=O)NC2(CN)CCCC2)c1.Cl. The maximum atomic E-state index is 12.5. The molecular formula is C17H27ClN4O2. The van der Waals surface area contributed by atoms with E-state index in [1.807, 2.05) is 13.8 Å². The Balaban J connectivity index is 0.00000288. The molecule has 5 N–H and O–H groups in total. The highest BCUT2D eigenvalue weighted by Crippen LogP contribution is 2.29. The summed E-state index contributed by atoms with van der Waals surface area (Å²) < 4.78 is 0. The third-order valence-corrected chi connectivity index (χ3v) is 4.13. The zero-order chi connectivity index (χ0) is 16.9. The van der Waals surface area contributed by atoms with E-state index in [0.717, 1.165) is 25.7 Å². The highest BCUT2D eigenvalue weighted by Gasteiger charge is 2.34. The van der Waals surface area contributed by atoms with E-state index in [1.165, 1.54) is 0 Å². The number of nitrogens with two attached hydrogens (primary N) is 1. The predicted octanol–water partition coefficient (Wildman–Crippen LogP) is 2.64. The second kappa shape index (κ2) is 8.89. The molecule has 7 heteroatoms. The van der Waals surface area contributed by atoms with Crippen LogP contribution >= 0.6 is 12.4 Å². The smallest absolute Gasteiger partial charge is 0.319 e. The molecule has 0 heterocycles. The van der Waals surface area contributed by atoms with Gasteiger partial charge in [0.2, 0.25) is 0 Å². The molecule has 0 bridgehead atoms. The quantitative estimate of drug-likeness (QED) is 0.654. The van der Waals surface area contributed by atoms with Crippen LogP contribution in [0.1, 0.15) is 49.9 Å². The largest absolute Gasteiger partial charge is 0.345 e. The van der Waals surface area contributed by atoms with Crippen LogP contribution in [-0.4, -0.2) is 30.1 Å². The summed E-state index contributed by atoms with van der Waals surface area (Å²) in [5.74, 6) is -0.148. The van der Waals surface area contributed by atoms with Gasteiger partial charge in [-0.25, -0.2) is 4.79 Å². The standard InChI is InChI=1S/C17H26N4O2.ClH/c1-12(2)19-16(23)20-14-7-5-6-13(10-14)15(22)21-17(11-18)8-3-4-9-17;/h5-7,10,12H,3-4,8-9,11,18H2,1-2H3,(H,21,22)(H2,19,20,23);1H. The highest BCUT2D eigenvalue weighted by molar-refractivity contribution is 5.97. The Kier molecular flexibility index (Phi) is 7.51. The van der Waals surface area contributed by atoms with E-state index >= 15 is 0 Å². The van der Waals surface area contributed by atoms with Gasteiger partial charge in [-0.2, -0.15) is 0 Å². The molecule has 0 radical (unpaired) electrons. The Labute approximate surface area is 149 Å². The number of anilines is 1. The fourth-order valence-electron chi connectivity index (χ4n) is 2.91. The van der Waals surface area contributed by atoms with Crippen molar-refractivity contribution in [2.24, 2.45) is 5.73 Å². The molecule has 2 rings (SSSR count). The summed E-state index contributed by atoms with van der Waals surface area (Å²) in [6.07, 6.45) is 4.02. The lowest BCUT2D eigenvalue weighted by atomic mass is 9.97. The topological polar surface area (TPSA) is 96.2 Å². The molecule has 6 nitrogen and oxygen atoms in total. The number of urea groups is 1. The molecule has 134 valence electrons. The molecule has 0 atom stereocenters. The van der Waals surface area contributed by atoms with E-state index in [9.17, 15) is 9.59 Å². The van der Waals surface area contributed by atoms with E-state index in [-0.39, 0.29) is 35.9 Å². The number of amides is 3. The summed E-state index contributed by atoms with van der Waals surface area (Å²) in [5.41, 5.74) is 6.68. The van der Waals surface area contributed by atoms with Crippen LogP contribution < -0.4 is 21.7 Å². The molecule has 1 aliphatic carbocycles. The molecular weight excluding hydrogens is 328 g/mol. The molecule has 0 aromatic heterocycles. The number of benzene rings is 1. The summed E-state index contributed by atoms with van der Waals surface area (Å²) in [6, 6.07) is 6.68. The summed E-state index contributed by atoms with van der Waals surface area (Å²) in [6.45, 7) is 4.22. The fraction of sp³-hybridized carbons (Fsp3) is 0.529. The van der Waals surface area contributed by atoms with Gasteiger partial charge in [0, 0.05) is 23.8 Å². The van der Waals surface area contributed by atoms with Crippen LogP contribution in [0.15, 0.2) is 24.3 Å². The Morgan fingerprint density at radius 3 is 2.50 bits per heavy atom. The number of hydrogen-bond acceptors (Lipinski definition) is 3. The maximum Gasteiger partial charge on any atom is 0.319 e. The van der Waals surface area contributed by atoms with Gasteiger partial charge in [-0.1, -0.05) is 18.9 Å². The van der Waals surface area contributed by atoms with Crippen molar-refractivity contribution in [2.75, 3.05) is 11.9 Å². The van der Waals surface area contributed by atoms with Crippen LogP contribution in [0, 0.1) is 0 Å². The molecule has 0 saturated heterocycles. The number of carbonyl (C=O) groups excluding carboxylic acids is 2. The average molecular weight is 355 g/mol. The normalized spacial score (nSPS) is 15.5. The van der Waals surface area contributed by atoms with Crippen LogP contribution in [0.2, 0.25) is 0 Å². The summed E-state index contributed by atoms with van der Waals surface area (Å²) in [5, 5.41) is 8.56. The molecule has 0 unspecified atom stereocenters. The van der Waals surface area contributed by atoms with Gasteiger partial charge in [-0.05, 0) is 44.9 Å². The van der Waals surface area contributed by atoms with Gasteiger partial charge in [-0.3, -0.25) is 4.79 Å². The summed E-state index contributed by atoms with van der Waals surface area (Å²) in [4.78, 5) is 24.2. The molecule has 24 heavy (non-hydrogen) atoms. The molecule has 1 aliphatic rings. The third-order valence-electron chi connectivity index (χ3n) is 4.13. The lowest BCUT2D eigenvalue weighted by Crippen LogP contribution is -2.51. The lowest BCUT2D eigenvalue weighted by Gasteiger charge is -2.28. The van der Waals surface area contributed by atoms with E-state index in [4.69, 9.17) is 5.73 Å². The Morgan fingerprint density at radius 1 is 1.25 bits per heavy atom. The highest BCUT2D eigenvalue weighted by atomic mass is 35.5. The van der Waals surface area contributed by atoms with Crippen molar-refractivity contribution in [3.8, 4) is 0 Å². The van der Waals surface area contributed by atoms with Crippen molar-refractivity contribution in [2.45, 2.75) is 51.1 Å². The minimum atomic E-state index is -0.285. The van der Waals surface area contributed by atoms with Gasteiger partial charge in [0.05, 0.1) is 5.54 Å². The molecule has 1 fully saturated rings. The number of halogens is 1. The van der Waals surface area contributed by atoms with Crippen molar-refractivity contribution < 1.29 is 9.59 Å².